The van der Waals surface area contributed by atoms with Crippen LogP contribution in [0.3, 0.4) is 0 Å². The minimum Gasteiger partial charge on any atom is -0.337 e. The van der Waals surface area contributed by atoms with Gasteiger partial charge in [-0.3, -0.25) is 4.79 Å². The minimum atomic E-state index is 0.143. The normalized spacial score (nSPS) is 20.7. The lowest BCUT2D eigenvalue weighted by Crippen LogP contribution is -2.48. The van der Waals surface area contributed by atoms with Crippen LogP contribution in [0, 0.1) is 6.92 Å². The summed E-state index contributed by atoms with van der Waals surface area (Å²) >= 11 is 1.34. The van der Waals surface area contributed by atoms with Crippen LogP contribution in [0.1, 0.15) is 38.7 Å². The fourth-order valence-corrected chi connectivity index (χ4v) is 4.11. The molecule has 1 amide bonds. The summed E-state index contributed by atoms with van der Waals surface area (Å²) in [6.07, 6.45) is 3.34. The van der Waals surface area contributed by atoms with Crippen LogP contribution < -0.4 is 5.84 Å². The van der Waals surface area contributed by atoms with Gasteiger partial charge in [0.15, 0.2) is 5.82 Å². The topological polar surface area (TPSA) is 77.0 Å². The van der Waals surface area contributed by atoms with Gasteiger partial charge in [0.1, 0.15) is 0 Å². The van der Waals surface area contributed by atoms with Gasteiger partial charge < -0.3 is 10.7 Å². The molecule has 25 heavy (non-hydrogen) atoms. The number of nitrogens with zero attached hydrogens (tertiary/aromatic N) is 4. The molecular formula is C18H25N5OS. The molecule has 1 saturated heterocycles. The molecule has 2 heterocycles. The minimum absolute atomic E-state index is 0.143. The van der Waals surface area contributed by atoms with Gasteiger partial charge in [0.2, 0.25) is 11.1 Å². The standard InChI is InChI=1S/C18H25N5OS/c1-12-7-9-15(10-8-12)17-20-21-18(23(17)19)25-11-16(24)22-13(2)5-4-6-14(22)3/h7-10,13-14H,4-6,11,19H2,1-3H3/t13-,14-/m1/s1. The van der Waals surface area contributed by atoms with E-state index in [0.717, 1.165) is 18.4 Å². The number of hydrogen-bond donors (Lipinski definition) is 1. The Morgan fingerprint density at radius 2 is 1.84 bits per heavy atom. The van der Waals surface area contributed by atoms with Gasteiger partial charge in [-0.25, -0.2) is 4.68 Å². The fourth-order valence-electron chi connectivity index (χ4n) is 3.39. The summed E-state index contributed by atoms with van der Waals surface area (Å²) in [7, 11) is 0. The number of aryl methyl sites for hydroxylation is 1. The first-order chi connectivity index (χ1) is 12.0. The van der Waals surface area contributed by atoms with Crippen LogP contribution in [0.25, 0.3) is 11.4 Å². The summed E-state index contributed by atoms with van der Waals surface area (Å²) in [5.74, 6) is 7.22. The van der Waals surface area contributed by atoms with E-state index in [1.54, 1.807) is 0 Å². The Hall–Kier alpha value is -2.02. The van der Waals surface area contributed by atoms with E-state index in [2.05, 4.69) is 24.0 Å². The summed E-state index contributed by atoms with van der Waals surface area (Å²) in [4.78, 5) is 14.6. The van der Waals surface area contributed by atoms with Gasteiger partial charge in [0, 0.05) is 17.6 Å². The van der Waals surface area contributed by atoms with Gasteiger partial charge in [0.05, 0.1) is 5.75 Å². The van der Waals surface area contributed by atoms with E-state index < -0.39 is 0 Å². The molecule has 0 unspecified atom stereocenters. The van der Waals surface area contributed by atoms with Crippen LogP contribution >= 0.6 is 11.8 Å². The van der Waals surface area contributed by atoms with Crippen LogP contribution in [0.15, 0.2) is 29.4 Å². The number of amides is 1. The highest BCUT2D eigenvalue weighted by atomic mass is 32.2. The molecule has 0 radical (unpaired) electrons. The van der Waals surface area contributed by atoms with E-state index in [0.29, 0.717) is 28.8 Å². The monoisotopic (exact) mass is 359 g/mol. The molecule has 1 aromatic carbocycles. The number of aromatic nitrogens is 3. The summed E-state index contributed by atoms with van der Waals surface area (Å²) in [5.41, 5.74) is 2.09. The summed E-state index contributed by atoms with van der Waals surface area (Å²) in [5, 5.41) is 8.88. The van der Waals surface area contributed by atoms with Crippen LogP contribution in [0.2, 0.25) is 0 Å². The Balaban J connectivity index is 1.68. The maximum atomic E-state index is 12.6. The van der Waals surface area contributed by atoms with Crippen LogP contribution in [0.5, 0.6) is 0 Å². The number of nitrogen functional groups attached to an aromatic ring is 1. The number of carbonyl (C=O) groups is 1. The molecule has 0 bridgehead atoms. The van der Waals surface area contributed by atoms with E-state index in [1.807, 2.05) is 36.1 Å². The molecule has 1 fully saturated rings. The highest BCUT2D eigenvalue weighted by molar-refractivity contribution is 7.99. The average Bonchev–Trinajstić information content (AvgIpc) is 2.94. The quantitative estimate of drug-likeness (QED) is 0.671. The maximum Gasteiger partial charge on any atom is 0.233 e. The summed E-state index contributed by atoms with van der Waals surface area (Å²) < 4.78 is 1.46. The lowest BCUT2D eigenvalue weighted by atomic mass is 9.98. The van der Waals surface area contributed by atoms with Crippen molar-refractivity contribution in [2.24, 2.45) is 0 Å². The van der Waals surface area contributed by atoms with Crippen molar-refractivity contribution in [1.29, 1.82) is 0 Å². The van der Waals surface area contributed by atoms with Crippen molar-refractivity contribution in [1.82, 2.24) is 19.8 Å². The van der Waals surface area contributed by atoms with Gasteiger partial charge in [-0.05, 0) is 40.0 Å². The zero-order valence-corrected chi connectivity index (χ0v) is 15.8. The van der Waals surface area contributed by atoms with E-state index >= 15 is 0 Å². The second-order valence-electron chi connectivity index (χ2n) is 6.76. The van der Waals surface area contributed by atoms with Gasteiger partial charge in [0.25, 0.3) is 0 Å². The lowest BCUT2D eigenvalue weighted by molar-refractivity contribution is -0.134. The Morgan fingerprint density at radius 1 is 1.20 bits per heavy atom. The molecule has 3 rings (SSSR count). The predicted octanol–water partition coefficient (Wildman–Crippen LogP) is 2.85. The Morgan fingerprint density at radius 3 is 2.48 bits per heavy atom. The van der Waals surface area contributed by atoms with Crippen molar-refractivity contribution in [2.45, 2.75) is 57.3 Å². The van der Waals surface area contributed by atoms with Crippen LogP contribution in [0.4, 0.5) is 0 Å². The molecule has 2 N–H and O–H groups in total. The lowest BCUT2D eigenvalue weighted by Gasteiger charge is -2.39. The van der Waals surface area contributed by atoms with Gasteiger partial charge in [-0.1, -0.05) is 41.6 Å². The van der Waals surface area contributed by atoms with Crippen molar-refractivity contribution in [3.8, 4) is 11.4 Å². The van der Waals surface area contributed by atoms with Gasteiger partial charge in [-0.2, -0.15) is 0 Å². The highest BCUT2D eigenvalue weighted by Crippen LogP contribution is 2.26. The zero-order chi connectivity index (χ0) is 18.0. The van der Waals surface area contributed by atoms with Crippen molar-refractivity contribution < 1.29 is 4.79 Å². The fraction of sp³-hybridized carbons (Fsp3) is 0.500. The average molecular weight is 359 g/mol. The number of piperidine rings is 1. The smallest absolute Gasteiger partial charge is 0.233 e. The van der Waals surface area contributed by atoms with E-state index in [-0.39, 0.29) is 5.91 Å². The third-order valence-electron chi connectivity index (χ3n) is 4.78. The molecule has 2 aromatic rings. The van der Waals surface area contributed by atoms with Crippen LogP contribution in [-0.2, 0) is 4.79 Å². The molecule has 1 aromatic heterocycles. The third kappa shape index (κ3) is 3.81. The molecule has 1 aliphatic heterocycles. The Labute approximate surface area is 152 Å². The maximum absolute atomic E-state index is 12.6. The van der Waals surface area contributed by atoms with E-state index in [1.165, 1.54) is 28.4 Å². The van der Waals surface area contributed by atoms with Crippen molar-refractivity contribution in [3.05, 3.63) is 29.8 Å². The van der Waals surface area contributed by atoms with Crippen molar-refractivity contribution in [2.75, 3.05) is 11.6 Å². The van der Waals surface area contributed by atoms with Crippen molar-refractivity contribution >= 4 is 17.7 Å². The first kappa shape index (κ1) is 17.8. The van der Waals surface area contributed by atoms with Crippen molar-refractivity contribution in [3.63, 3.8) is 0 Å². The SMILES string of the molecule is Cc1ccc(-c2nnc(SCC(=O)N3[C@H](C)CCC[C@H]3C)n2N)cc1. The summed E-state index contributed by atoms with van der Waals surface area (Å²) in [6, 6.07) is 8.57. The molecule has 0 spiro atoms. The second kappa shape index (κ2) is 7.47. The Kier molecular flexibility index (Phi) is 5.32. The highest BCUT2D eigenvalue weighted by Gasteiger charge is 2.29. The molecule has 0 aliphatic carbocycles. The van der Waals surface area contributed by atoms with E-state index in [4.69, 9.17) is 5.84 Å². The number of thioether (sulfide) groups is 1. The molecule has 1 aliphatic rings. The number of rotatable bonds is 4. The van der Waals surface area contributed by atoms with Gasteiger partial charge in [-0.15, -0.1) is 10.2 Å². The molecule has 7 heteroatoms. The number of benzene rings is 1. The molecular weight excluding hydrogens is 334 g/mol. The molecule has 0 saturated carbocycles. The second-order valence-corrected chi connectivity index (χ2v) is 7.70. The third-order valence-corrected chi connectivity index (χ3v) is 5.71. The summed E-state index contributed by atoms with van der Waals surface area (Å²) in [6.45, 7) is 6.28. The Bertz CT molecular complexity index is 732. The largest absolute Gasteiger partial charge is 0.337 e. The van der Waals surface area contributed by atoms with E-state index in [9.17, 15) is 4.79 Å². The predicted molar refractivity (Wildman–Crippen MR) is 101 cm³/mol. The molecule has 6 nitrogen and oxygen atoms in total. The number of likely N-dealkylation sites (tertiary alicyclic amines) is 1. The molecule has 134 valence electrons. The van der Waals surface area contributed by atoms with Gasteiger partial charge >= 0.3 is 0 Å². The first-order valence-corrected chi connectivity index (χ1v) is 9.67. The van der Waals surface area contributed by atoms with Crippen LogP contribution in [-0.4, -0.2) is 43.5 Å². The number of nitrogens with two attached hydrogens (primary N) is 1. The zero-order valence-electron chi connectivity index (χ0n) is 15.0. The number of carbonyl (C=O) groups excluding carboxylic acids is 1. The number of hydrogen-bond acceptors (Lipinski definition) is 5. The first-order valence-electron chi connectivity index (χ1n) is 8.69. The molecule has 2 atom stereocenters.